The molecule has 0 fully saturated rings. The molecule has 1 aliphatic carbocycles. The van der Waals surface area contributed by atoms with Crippen molar-refractivity contribution in [3.05, 3.63) is 133 Å². The first-order valence-corrected chi connectivity index (χ1v) is 14.1. The van der Waals surface area contributed by atoms with Crippen LogP contribution in [0.1, 0.15) is 25.0 Å². The van der Waals surface area contributed by atoms with Crippen molar-refractivity contribution in [3.8, 4) is 22.5 Å². The smallest absolute Gasteiger partial charge is 0.0987 e. The average molecular weight is 527 g/mol. The van der Waals surface area contributed by atoms with Crippen LogP contribution >= 0.6 is 0 Å². The van der Waals surface area contributed by atoms with E-state index in [1.165, 1.54) is 38.5 Å². The van der Waals surface area contributed by atoms with Gasteiger partial charge >= 0.3 is 0 Å². The number of nitrogens with zero attached hydrogens (tertiary/aromatic N) is 4. The van der Waals surface area contributed by atoms with Crippen molar-refractivity contribution in [3.63, 3.8) is 0 Å². The molecule has 194 valence electrons. The van der Waals surface area contributed by atoms with Crippen molar-refractivity contribution < 1.29 is 0 Å². The zero-order valence-electron chi connectivity index (χ0n) is 22.8. The molecule has 4 heterocycles. The minimum atomic E-state index is -0.0705. The summed E-state index contributed by atoms with van der Waals surface area (Å²) in [6, 6.07) is 37.2. The van der Waals surface area contributed by atoms with Crippen molar-refractivity contribution in [2.45, 2.75) is 19.3 Å². The second kappa shape index (κ2) is 7.92. The SMILES string of the molecule is CC1(C)c2ccccc2-c2ccc(-n3c4ccccc4c4c3cnc3c5cnccc5n(-c5ccccc5)c34)cc21. The van der Waals surface area contributed by atoms with E-state index < -0.39 is 0 Å². The fourth-order valence-electron chi connectivity index (χ4n) is 7.19. The number of fused-ring (bicyclic) bond motifs is 10. The first-order chi connectivity index (χ1) is 20.1. The number of rotatable bonds is 2. The molecule has 9 rings (SSSR count). The lowest BCUT2D eigenvalue weighted by atomic mass is 9.82. The van der Waals surface area contributed by atoms with Gasteiger partial charge in [0.2, 0.25) is 0 Å². The maximum absolute atomic E-state index is 5.12. The van der Waals surface area contributed by atoms with Crippen LogP contribution in [-0.2, 0) is 5.41 Å². The van der Waals surface area contributed by atoms with E-state index in [0.717, 1.165) is 38.8 Å². The summed E-state index contributed by atoms with van der Waals surface area (Å²) in [4.78, 5) is 9.59. The Labute approximate surface area is 237 Å². The van der Waals surface area contributed by atoms with E-state index in [0.29, 0.717) is 0 Å². The largest absolute Gasteiger partial charge is 0.308 e. The Bertz CT molecular complexity index is 2340. The van der Waals surface area contributed by atoms with Crippen LogP contribution in [-0.4, -0.2) is 19.1 Å². The molecule has 4 aromatic carbocycles. The topological polar surface area (TPSA) is 35.6 Å². The second-order valence-corrected chi connectivity index (χ2v) is 11.5. The molecule has 0 unspecified atom stereocenters. The Morgan fingerprint density at radius 2 is 1.34 bits per heavy atom. The first-order valence-electron chi connectivity index (χ1n) is 14.1. The normalized spacial score (nSPS) is 13.8. The summed E-state index contributed by atoms with van der Waals surface area (Å²) in [5.41, 5.74) is 13.1. The molecule has 0 saturated heterocycles. The van der Waals surface area contributed by atoms with Crippen molar-refractivity contribution in [1.82, 2.24) is 19.1 Å². The lowest BCUT2D eigenvalue weighted by Gasteiger charge is -2.22. The highest BCUT2D eigenvalue weighted by Crippen LogP contribution is 2.49. The zero-order chi connectivity index (χ0) is 27.3. The molecule has 8 aromatic rings. The minimum Gasteiger partial charge on any atom is -0.308 e. The Balaban J connectivity index is 1.42. The number of aromatic nitrogens is 4. The van der Waals surface area contributed by atoms with Crippen LogP contribution in [0, 0.1) is 0 Å². The van der Waals surface area contributed by atoms with Crippen LogP contribution in [0.5, 0.6) is 0 Å². The third kappa shape index (κ3) is 2.89. The lowest BCUT2D eigenvalue weighted by Crippen LogP contribution is -2.15. The first kappa shape index (κ1) is 22.6. The molecule has 0 saturated carbocycles. The highest BCUT2D eigenvalue weighted by atomic mass is 15.0. The van der Waals surface area contributed by atoms with Crippen LogP contribution in [0.3, 0.4) is 0 Å². The fourth-order valence-corrected chi connectivity index (χ4v) is 7.19. The highest BCUT2D eigenvalue weighted by Gasteiger charge is 2.35. The summed E-state index contributed by atoms with van der Waals surface area (Å²) in [5, 5.41) is 3.47. The van der Waals surface area contributed by atoms with Crippen LogP contribution in [0.2, 0.25) is 0 Å². The van der Waals surface area contributed by atoms with Crippen molar-refractivity contribution >= 4 is 43.7 Å². The molecular weight excluding hydrogens is 500 g/mol. The maximum atomic E-state index is 5.12. The number of hydrogen-bond donors (Lipinski definition) is 0. The van der Waals surface area contributed by atoms with Gasteiger partial charge in [0.25, 0.3) is 0 Å². The number of benzene rings is 4. The van der Waals surface area contributed by atoms with Gasteiger partial charge in [-0.05, 0) is 58.7 Å². The molecule has 0 radical (unpaired) electrons. The highest BCUT2D eigenvalue weighted by molar-refractivity contribution is 6.24. The third-order valence-corrected chi connectivity index (χ3v) is 9.05. The molecule has 41 heavy (non-hydrogen) atoms. The molecule has 4 aromatic heterocycles. The van der Waals surface area contributed by atoms with E-state index in [-0.39, 0.29) is 5.41 Å². The molecule has 0 amide bonds. The summed E-state index contributed by atoms with van der Waals surface area (Å²) >= 11 is 0. The van der Waals surface area contributed by atoms with E-state index in [1.807, 2.05) is 18.6 Å². The van der Waals surface area contributed by atoms with Gasteiger partial charge in [-0.15, -0.1) is 0 Å². The van der Waals surface area contributed by atoms with E-state index >= 15 is 0 Å². The van der Waals surface area contributed by atoms with Crippen LogP contribution in [0.15, 0.2) is 122 Å². The molecule has 0 atom stereocenters. The van der Waals surface area contributed by atoms with Gasteiger partial charge in [0.05, 0.1) is 33.8 Å². The van der Waals surface area contributed by atoms with Gasteiger partial charge in [0.15, 0.2) is 0 Å². The number of hydrogen-bond acceptors (Lipinski definition) is 2. The van der Waals surface area contributed by atoms with E-state index in [1.54, 1.807) is 0 Å². The monoisotopic (exact) mass is 526 g/mol. The van der Waals surface area contributed by atoms with Gasteiger partial charge in [-0.2, -0.15) is 0 Å². The zero-order valence-corrected chi connectivity index (χ0v) is 22.8. The van der Waals surface area contributed by atoms with Gasteiger partial charge in [0.1, 0.15) is 0 Å². The Hall–Kier alpha value is -5.22. The average Bonchev–Trinajstić information content (AvgIpc) is 3.61. The van der Waals surface area contributed by atoms with Crippen molar-refractivity contribution in [1.29, 1.82) is 0 Å². The molecule has 1 aliphatic rings. The quantitative estimate of drug-likeness (QED) is 0.225. The summed E-state index contributed by atoms with van der Waals surface area (Å²) in [5.74, 6) is 0. The predicted molar refractivity (Wildman–Crippen MR) is 168 cm³/mol. The van der Waals surface area contributed by atoms with Crippen molar-refractivity contribution in [2.75, 3.05) is 0 Å². The number of para-hydroxylation sites is 2. The molecule has 4 nitrogen and oxygen atoms in total. The number of pyridine rings is 2. The second-order valence-electron chi connectivity index (χ2n) is 11.5. The maximum Gasteiger partial charge on any atom is 0.0987 e. The molecule has 0 aliphatic heterocycles. The van der Waals surface area contributed by atoms with E-state index in [2.05, 4.69) is 131 Å². The lowest BCUT2D eigenvalue weighted by molar-refractivity contribution is 0.660. The van der Waals surface area contributed by atoms with Crippen LogP contribution < -0.4 is 0 Å². The third-order valence-electron chi connectivity index (χ3n) is 9.05. The Morgan fingerprint density at radius 3 is 2.24 bits per heavy atom. The molecule has 0 spiro atoms. The van der Waals surface area contributed by atoms with Gasteiger partial charge < -0.3 is 9.13 Å². The summed E-state index contributed by atoms with van der Waals surface area (Å²) in [7, 11) is 0. The van der Waals surface area contributed by atoms with Gasteiger partial charge in [-0.25, -0.2) is 0 Å². The molecular formula is C37H26N4. The van der Waals surface area contributed by atoms with E-state index in [4.69, 9.17) is 4.98 Å². The molecule has 0 bridgehead atoms. The van der Waals surface area contributed by atoms with Gasteiger partial charge in [-0.1, -0.05) is 80.6 Å². The fraction of sp³-hybridized carbons (Fsp3) is 0.0811. The molecule has 0 N–H and O–H groups in total. The van der Waals surface area contributed by atoms with Gasteiger partial charge in [-0.3, -0.25) is 9.97 Å². The standard InChI is InChI=1S/C37H26N4/c1-37(2)29-14-8-6-12-25(29)26-17-16-24(20-30(26)37)40-31-15-9-7-13-27(31)34-33(40)22-39-35-28-21-38-19-18-32(28)41(36(34)35)23-10-4-3-5-11-23/h3-22H,1-2H3. The van der Waals surface area contributed by atoms with Crippen LogP contribution in [0.4, 0.5) is 0 Å². The molecule has 4 heteroatoms. The summed E-state index contributed by atoms with van der Waals surface area (Å²) in [6.07, 6.45) is 5.85. The van der Waals surface area contributed by atoms with Crippen molar-refractivity contribution in [2.24, 2.45) is 0 Å². The minimum absolute atomic E-state index is 0.0705. The Morgan fingerprint density at radius 1 is 0.585 bits per heavy atom. The summed E-state index contributed by atoms with van der Waals surface area (Å²) < 4.78 is 4.74. The Kier molecular flexibility index (Phi) is 4.36. The van der Waals surface area contributed by atoms with Crippen LogP contribution in [0.25, 0.3) is 66.2 Å². The predicted octanol–water partition coefficient (Wildman–Crippen LogP) is 8.98. The van der Waals surface area contributed by atoms with Gasteiger partial charge in [0, 0.05) is 45.3 Å². The summed E-state index contributed by atoms with van der Waals surface area (Å²) in [6.45, 7) is 4.68. The van der Waals surface area contributed by atoms with E-state index in [9.17, 15) is 0 Å².